The van der Waals surface area contributed by atoms with Crippen molar-refractivity contribution >= 4 is 0 Å². The molecular weight excluding hydrogens is 697 g/mol. The molecule has 3 atom stereocenters. The van der Waals surface area contributed by atoms with Crippen molar-refractivity contribution < 1.29 is 15.3 Å². The smallest absolute Gasteiger partial charge is 0.179 e. The third-order valence-corrected chi connectivity index (χ3v) is 11.7. The molecule has 0 radical (unpaired) electrons. The van der Waals surface area contributed by atoms with Gasteiger partial charge in [0.25, 0.3) is 0 Å². The average Bonchev–Trinajstić information content (AvgIpc) is 3.76. The van der Waals surface area contributed by atoms with Gasteiger partial charge < -0.3 is 15.3 Å². The highest BCUT2D eigenvalue weighted by Gasteiger charge is 2.57. The monoisotopic (exact) mass is 732 g/mol. The standard InChI is InChI=1S/C54H36O3/c1-34-16-22-37(23-17-34)28-31-52(55)43-13-7-4-10-40(43)46-49(52)47-41-11-5-8-14-44(41)53(56,32-29-38-24-18-35(2)19-25-38)51(47)48-42-12-6-9-15-45(42)54(57,50(46)48)33-30-39-26-20-36(3)21-27-39/h4-27,55-57H,1-3H3/t52-,53-,54-/m0/s1. The summed E-state index contributed by atoms with van der Waals surface area (Å²) in [6, 6.07) is 46.9. The third kappa shape index (κ3) is 5.10. The van der Waals surface area contributed by atoms with E-state index in [9.17, 15) is 15.3 Å². The summed E-state index contributed by atoms with van der Waals surface area (Å²) in [6.07, 6.45) is 0. The summed E-state index contributed by atoms with van der Waals surface area (Å²) < 4.78 is 0. The van der Waals surface area contributed by atoms with Crippen LogP contribution in [0.25, 0.3) is 33.4 Å². The molecule has 0 aliphatic heterocycles. The summed E-state index contributed by atoms with van der Waals surface area (Å²) in [5, 5.41) is 40.3. The van der Waals surface area contributed by atoms with Gasteiger partial charge in [-0.25, -0.2) is 0 Å². The summed E-state index contributed by atoms with van der Waals surface area (Å²) in [7, 11) is 0. The number of hydrogen-bond acceptors (Lipinski definition) is 3. The van der Waals surface area contributed by atoms with Gasteiger partial charge >= 0.3 is 0 Å². The van der Waals surface area contributed by atoms with E-state index >= 15 is 0 Å². The summed E-state index contributed by atoms with van der Waals surface area (Å²) in [5.74, 6) is 19.9. The summed E-state index contributed by atoms with van der Waals surface area (Å²) in [4.78, 5) is 0. The van der Waals surface area contributed by atoms with Crippen LogP contribution in [0.3, 0.4) is 0 Å². The Kier molecular flexibility index (Phi) is 7.62. The molecule has 0 unspecified atom stereocenters. The van der Waals surface area contributed by atoms with Gasteiger partial charge in [0.2, 0.25) is 0 Å². The predicted molar refractivity (Wildman–Crippen MR) is 226 cm³/mol. The van der Waals surface area contributed by atoms with Gasteiger partial charge in [-0.15, -0.1) is 0 Å². The molecule has 7 aromatic carbocycles. The van der Waals surface area contributed by atoms with Crippen molar-refractivity contribution in [1.29, 1.82) is 0 Å². The van der Waals surface area contributed by atoms with E-state index in [-0.39, 0.29) is 0 Å². The number of fused-ring (bicyclic) bond motifs is 12. The van der Waals surface area contributed by atoms with Gasteiger partial charge in [0.05, 0.1) is 0 Å². The van der Waals surface area contributed by atoms with Crippen molar-refractivity contribution in [2.45, 2.75) is 37.6 Å². The zero-order valence-electron chi connectivity index (χ0n) is 31.7. The van der Waals surface area contributed by atoms with Crippen molar-refractivity contribution in [2.24, 2.45) is 0 Å². The van der Waals surface area contributed by atoms with Gasteiger partial charge in [-0.1, -0.05) is 161 Å². The van der Waals surface area contributed by atoms with Crippen LogP contribution in [0, 0.1) is 56.3 Å². The number of aryl methyl sites for hydroxylation is 3. The molecule has 3 aliphatic rings. The zero-order valence-corrected chi connectivity index (χ0v) is 31.7. The van der Waals surface area contributed by atoms with Crippen molar-refractivity contribution in [3.63, 3.8) is 0 Å². The first-order chi connectivity index (χ1) is 27.6. The van der Waals surface area contributed by atoms with Crippen LogP contribution in [0.1, 0.15) is 66.8 Å². The van der Waals surface area contributed by atoms with Crippen LogP contribution in [0.4, 0.5) is 0 Å². The minimum Gasteiger partial charge on any atom is -0.369 e. The maximum absolute atomic E-state index is 13.4. The summed E-state index contributed by atoms with van der Waals surface area (Å²) in [6.45, 7) is 6.08. The maximum Gasteiger partial charge on any atom is 0.179 e. The first-order valence-electron chi connectivity index (χ1n) is 19.1. The van der Waals surface area contributed by atoms with Crippen LogP contribution in [0.5, 0.6) is 0 Å². The molecule has 0 bridgehead atoms. The van der Waals surface area contributed by atoms with Gasteiger partial charge in [-0.05, 0) is 90.6 Å². The Balaban J connectivity index is 1.37. The van der Waals surface area contributed by atoms with Crippen LogP contribution >= 0.6 is 0 Å². The fourth-order valence-corrected chi connectivity index (χ4v) is 8.89. The first kappa shape index (κ1) is 34.6. The predicted octanol–water partition coefficient (Wildman–Crippen LogP) is 9.42. The lowest BCUT2D eigenvalue weighted by molar-refractivity contribution is 0.142. The highest BCUT2D eigenvalue weighted by Crippen LogP contribution is 2.66. The molecule has 3 aliphatic carbocycles. The minimum atomic E-state index is -1.85. The SMILES string of the molecule is Cc1ccc(C#C[C@]2(O)c3ccccc3-c3c2c2c(c4c3[C@](O)(C#Cc3ccc(C)cc3)c3ccccc3-4)[C@](O)(C#Cc3ccc(C)cc3)c3ccccc3-2)cc1. The van der Waals surface area contributed by atoms with Crippen molar-refractivity contribution in [2.75, 3.05) is 0 Å². The maximum atomic E-state index is 13.4. The van der Waals surface area contributed by atoms with Gasteiger partial charge in [-0.2, -0.15) is 0 Å². The second-order valence-corrected chi connectivity index (χ2v) is 15.4. The molecule has 0 amide bonds. The zero-order chi connectivity index (χ0) is 39.1. The molecule has 0 aromatic heterocycles. The second-order valence-electron chi connectivity index (χ2n) is 15.4. The van der Waals surface area contributed by atoms with Crippen LogP contribution in [0.15, 0.2) is 146 Å². The van der Waals surface area contributed by atoms with Crippen LogP contribution in [0.2, 0.25) is 0 Å². The molecule has 3 heteroatoms. The van der Waals surface area contributed by atoms with Gasteiger partial charge in [-0.3, -0.25) is 0 Å². The fourth-order valence-electron chi connectivity index (χ4n) is 8.89. The Morgan fingerprint density at radius 1 is 0.333 bits per heavy atom. The molecule has 0 saturated heterocycles. The minimum absolute atomic E-state index is 0.501. The molecule has 270 valence electrons. The molecule has 7 aromatic rings. The topological polar surface area (TPSA) is 60.7 Å². The Labute approximate surface area is 333 Å². The van der Waals surface area contributed by atoms with Crippen molar-refractivity contribution in [3.05, 3.63) is 212 Å². The van der Waals surface area contributed by atoms with Crippen LogP contribution < -0.4 is 0 Å². The van der Waals surface area contributed by atoms with Gasteiger partial charge in [0.15, 0.2) is 16.8 Å². The highest BCUT2D eigenvalue weighted by molar-refractivity contribution is 6.05. The molecule has 3 N–H and O–H groups in total. The van der Waals surface area contributed by atoms with Crippen molar-refractivity contribution in [3.8, 4) is 68.9 Å². The lowest BCUT2D eigenvalue weighted by Gasteiger charge is -2.29. The molecule has 10 rings (SSSR count). The van der Waals surface area contributed by atoms with E-state index in [0.717, 1.165) is 50.1 Å². The van der Waals surface area contributed by atoms with E-state index < -0.39 is 16.8 Å². The number of hydrogen-bond donors (Lipinski definition) is 3. The molecule has 0 saturated carbocycles. The largest absolute Gasteiger partial charge is 0.369 e. The Morgan fingerprint density at radius 3 is 0.842 bits per heavy atom. The average molecular weight is 733 g/mol. The quantitative estimate of drug-likeness (QED) is 0.136. The van der Waals surface area contributed by atoms with E-state index in [1.807, 2.05) is 166 Å². The van der Waals surface area contributed by atoms with E-state index in [1.54, 1.807) is 0 Å². The van der Waals surface area contributed by atoms with E-state index in [1.165, 1.54) is 0 Å². The van der Waals surface area contributed by atoms with E-state index in [4.69, 9.17) is 0 Å². The van der Waals surface area contributed by atoms with Crippen LogP contribution in [-0.2, 0) is 16.8 Å². The molecule has 3 nitrogen and oxygen atoms in total. The second kappa shape index (κ2) is 12.6. The number of benzene rings is 7. The van der Waals surface area contributed by atoms with Crippen molar-refractivity contribution in [1.82, 2.24) is 0 Å². The first-order valence-corrected chi connectivity index (χ1v) is 19.1. The number of aliphatic hydroxyl groups is 3. The van der Waals surface area contributed by atoms with E-state index in [2.05, 4.69) is 35.5 Å². The highest BCUT2D eigenvalue weighted by atomic mass is 16.3. The number of rotatable bonds is 0. The molecular formula is C54H36O3. The molecule has 0 fully saturated rings. The lowest BCUT2D eigenvalue weighted by atomic mass is 9.77. The van der Waals surface area contributed by atoms with Gasteiger partial charge in [0.1, 0.15) is 0 Å². The summed E-state index contributed by atoms with van der Waals surface area (Å²) in [5.41, 5.74) is 7.54. The molecule has 0 heterocycles. The lowest BCUT2D eigenvalue weighted by Crippen LogP contribution is -2.28. The fraction of sp³-hybridized carbons (Fsp3) is 0.111. The molecule has 0 spiro atoms. The molecule has 57 heavy (non-hydrogen) atoms. The Morgan fingerprint density at radius 2 is 0.579 bits per heavy atom. The Hall–Kier alpha value is -6.90. The third-order valence-electron chi connectivity index (χ3n) is 11.7. The van der Waals surface area contributed by atoms with E-state index in [0.29, 0.717) is 50.1 Å². The normalized spacial score (nSPS) is 19.9. The van der Waals surface area contributed by atoms with Crippen LogP contribution in [-0.4, -0.2) is 15.3 Å². The summed E-state index contributed by atoms with van der Waals surface area (Å²) >= 11 is 0. The Bertz CT molecular complexity index is 2680. The van der Waals surface area contributed by atoms with Gasteiger partial charge in [0, 0.05) is 50.1 Å².